The number of carbonyl (C=O) groups is 5. The summed E-state index contributed by atoms with van der Waals surface area (Å²) in [4.78, 5) is 66.3. The van der Waals surface area contributed by atoms with Crippen LogP contribution in [0.3, 0.4) is 0 Å². The second-order valence-corrected chi connectivity index (χ2v) is 20.1. The number of anilines is 2. The summed E-state index contributed by atoms with van der Waals surface area (Å²) >= 11 is 0. The fourth-order valence-corrected chi connectivity index (χ4v) is 6.44. The van der Waals surface area contributed by atoms with E-state index in [1.807, 2.05) is 0 Å². The van der Waals surface area contributed by atoms with Gasteiger partial charge in [0.15, 0.2) is 19.8 Å². The molecule has 1 aliphatic rings. The molecule has 0 spiro atoms. The number of hydrogen-bond donors (Lipinski definition) is 5. The number of benzene rings is 2. The van der Waals surface area contributed by atoms with Crippen molar-refractivity contribution in [3.05, 3.63) is 60.2 Å². The first-order valence-corrected chi connectivity index (χ1v) is 21.2. The van der Waals surface area contributed by atoms with Crippen LogP contribution in [-0.2, 0) is 30.1 Å². The van der Waals surface area contributed by atoms with E-state index in [2.05, 4.69) is 61.7 Å². The minimum Gasteiger partial charge on any atom is -0.504 e. The number of amides is 5. The molecular formula is C39H57N5O10Si. The van der Waals surface area contributed by atoms with Crippen LogP contribution in [0.15, 0.2) is 49.1 Å². The van der Waals surface area contributed by atoms with Crippen LogP contribution in [0.4, 0.5) is 21.0 Å². The van der Waals surface area contributed by atoms with Gasteiger partial charge in [0.2, 0.25) is 11.8 Å². The Morgan fingerprint density at radius 2 is 1.65 bits per heavy atom. The first-order valence-electron chi connectivity index (χ1n) is 18.3. The van der Waals surface area contributed by atoms with Crippen molar-refractivity contribution in [3.8, 4) is 11.5 Å². The maximum absolute atomic E-state index is 13.9. The van der Waals surface area contributed by atoms with E-state index in [1.165, 1.54) is 32.2 Å². The van der Waals surface area contributed by atoms with E-state index in [9.17, 15) is 29.1 Å². The molecule has 55 heavy (non-hydrogen) atoms. The molecule has 1 fully saturated rings. The van der Waals surface area contributed by atoms with Crippen LogP contribution in [0.2, 0.25) is 18.1 Å². The maximum atomic E-state index is 13.9. The molecule has 3 atom stereocenters. The average Bonchev–Trinajstić information content (AvgIpc) is 3.60. The van der Waals surface area contributed by atoms with Crippen LogP contribution in [0.25, 0.3) is 0 Å². The number of ether oxygens (including phenoxy) is 3. The van der Waals surface area contributed by atoms with Gasteiger partial charge in [0.25, 0.3) is 5.91 Å². The number of phenolic OH excluding ortho intramolecular Hbond substituents is 1. The number of rotatable bonds is 16. The predicted molar refractivity (Wildman–Crippen MR) is 212 cm³/mol. The summed E-state index contributed by atoms with van der Waals surface area (Å²) in [6.07, 6.45) is 1.36. The summed E-state index contributed by atoms with van der Waals surface area (Å²) in [6, 6.07) is 7.15. The van der Waals surface area contributed by atoms with E-state index < -0.39 is 44.4 Å². The highest BCUT2D eigenvalue weighted by molar-refractivity contribution is 6.74. The largest absolute Gasteiger partial charge is 0.504 e. The van der Waals surface area contributed by atoms with Crippen LogP contribution in [-0.4, -0.2) is 93.2 Å². The second-order valence-electron chi connectivity index (χ2n) is 15.3. The molecule has 5 N–H and O–H groups in total. The lowest BCUT2D eigenvalue weighted by Crippen LogP contribution is -2.53. The molecule has 16 heteroatoms. The highest BCUT2D eigenvalue weighted by Crippen LogP contribution is 2.38. The lowest BCUT2D eigenvalue weighted by atomic mass is 10.0. The Hall–Kier alpha value is -5.09. The van der Waals surface area contributed by atoms with Crippen molar-refractivity contribution >= 4 is 49.6 Å². The van der Waals surface area contributed by atoms with E-state index in [-0.39, 0.29) is 58.9 Å². The summed E-state index contributed by atoms with van der Waals surface area (Å²) in [5, 5.41) is 20.9. The first-order chi connectivity index (χ1) is 25.8. The lowest BCUT2D eigenvalue weighted by molar-refractivity contribution is -0.128. The van der Waals surface area contributed by atoms with E-state index in [4.69, 9.17) is 18.6 Å². The summed E-state index contributed by atoms with van der Waals surface area (Å²) in [7, 11) is -0.680. The van der Waals surface area contributed by atoms with Crippen LogP contribution in [0.1, 0.15) is 70.3 Å². The highest BCUT2D eigenvalue weighted by Gasteiger charge is 2.39. The number of likely N-dealkylation sites (tertiary alicyclic amines) is 1. The van der Waals surface area contributed by atoms with Crippen molar-refractivity contribution in [2.45, 2.75) is 97.2 Å². The van der Waals surface area contributed by atoms with Gasteiger partial charge in [0, 0.05) is 18.3 Å². The predicted octanol–water partition coefficient (Wildman–Crippen LogP) is 6.16. The van der Waals surface area contributed by atoms with Gasteiger partial charge in [0.1, 0.15) is 25.3 Å². The average molecular weight is 784 g/mol. The molecule has 302 valence electrons. The molecule has 0 radical (unpaired) electrons. The molecule has 2 aromatic rings. The molecule has 15 nitrogen and oxygen atoms in total. The molecule has 0 saturated carbocycles. The minimum absolute atomic E-state index is 0.0123. The zero-order valence-corrected chi connectivity index (χ0v) is 34.4. The standard InChI is InChI=1S/C39H57N5O10Si/c1-11-19-52-38(50)43-33(24(2)3)35(47)40-25(4)34(46)41-27-16-14-26(15-17-27)22-53-37(49)42-30-21-31(45)32(51-8)20-29(30)36(48)44-18-12-13-28(44)23-54-55(9,10)39(5,6)7/h11,14-17,20-21,24-25,28,33,45H,1,12-13,18-19,22-23H2,2-10H3,(H,40,47)(H,41,46)(H,42,49)(H,43,50)/t25?,28-,33?/m0/s1. The van der Waals surface area contributed by atoms with Crippen LogP contribution >= 0.6 is 0 Å². The Labute approximate surface area is 324 Å². The van der Waals surface area contributed by atoms with Crippen molar-refractivity contribution in [2.75, 3.05) is 37.5 Å². The topological polar surface area (TPSA) is 194 Å². The van der Waals surface area contributed by atoms with E-state index in [1.54, 1.807) is 43.0 Å². The summed E-state index contributed by atoms with van der Waals surface area (Å²) in [6.45, 7) is 20.1. The molecule has 1 saturated heterocycles. The van der Waals surface area contributed by atoms with Crippen LogP contribution in [0, 0.1) is 5.92 Å². The zero-order valence-electron chi connectivity index (χ0n) is 33.4. The number of nitrogens with zero attached hydrogens (tertiary/aromatic N) is 1. The Morgan fingerprint density at radius 1 is 0.982 bits per heavy atom. The quantitative estimate of drug-likeness (QED) is 0.0973. The minimum atomic E-state index is -2.06. The van der Waals surface area contributed by atoms with Crippen LogP contribution < -0.4 is 26.0 Å². The third-order valence-electron chi connectivity index (χ3n) is 9.77. The van der Waals surface area contributed by atoms with Gasteiger partial charge < -0.3 is 44.6 Å². The fraction of sp³-hybridized carbons (Fsp3) is 0.513. The number of phenols is 1. The smallest absolute Gasteiger partial charge is 0.411 e. The van der Waals surface area contributed by atoms with E-state index in [0.29, 0.717) is 24.4 Å². The molecule has 0 bridgehead atoms. The van der Waals surface area contributed by atoms with Crippen molar-refractivity contribution in [1.82, 2.24) is 15.5 Å². The van der Waals surface area contributed by atoms with Gasteiger partial charge in [-0.2, -0.15) is 0 Å². The fourth-order valence-electron chi connectivity index (χ4n) is 5.40. The SMILES string of the molecule is C=CCOC(=O)NC(C(=O)NC(C)C(=O)Nc1ccc(COC(=O)Nc2cc(O)c(OC)cc2C(=O)N2CCC[C@H]2CO[Si](C)(C)C(C)(C)C)cc1)C(C)C. The molecule has 2 aromatic carbocycles. The van der Waals surface area contributed by atoms with Gasteiger partial charge in [-0.1, -0.05) is 59.4 Å². The Bertz CT molecular complexity index is 1690. The second kappa shape index (κ2) is 19.5. The number of hydrogen-bond acceptors (Lipinski definition) is 10. The molecular weight excluding hydrogens is 727 g/mol. The third kappa shape index (κ3) is 12.5. The van der Waals surface area contributed by atoms with Crippen molar-refractivity contribution < 1.29 is 47.7 Å². The zero-order chi connectivity index (χ0) is 41.1. The molecule has 0 aliphatic carbocycles. The van der Waals surface area contributed by atoms with Crippen molar-refractivity contribution in [3.63, 3.8) is 0 Å². The molecule has 5 amide bonds. The molecule has 2 unspecified atom stereocenters. The van der Waals surface area contributed by atoms with E-state index in [0.717, 1.165) is 12.8 Å². The number of carbonyl (C=O) groups excluding carboxylic acids is 5. The Morgan fingerprint density at radius 3 is 2.25 bits per heavy atom. The number of alkyl carbamates (subject to hydrolysis) is 1. The van der Waals surface area contributed by atoms with Gasteiger partial charge in [-0.25, -0.2) is 9.59 Å². The number of methoxy groups -OCH3 is 1. The van der Waals surface area contributed by atoms with E-state index >= 15 is 0 Å². The van der Waals surface area contributed by atoms with Gasteiger partial charge in [0.05, 0.1) is 31.0 Å². The molecule has 1 aliphatic heterocycles. The van der Waals surface area contributed by atoms with Gasteiger partial charge in [-0.05, 0) is 67.6 Å². The number of aromatic hydroxyl groups is 1. The summed E-state index contributed by atoms with van der Waals surface area (Å²) in [5.41, 5.74) is 1.22. The third-order valence-corrected chi connectivity index (χ3v) is 14.3. The highest BCUT2D eigenvalue weighted by atomic mass is 28.4. The Balaban J connectivity index is 1.60. The van der Waals surface area contributed by atoms with Crippen molar-refractivity contribution in [2.24, 2.45) is 5.92 Å². The summed E-state index contributed by atoms with van der Waals surface area (Å²) < 4.78 is 22.1. The van der Waals surface area contributed by atoms with Crippen LogP contribution in [0.5, 0.6) is 11.5 Å². The Kier molecular flexibility index (Phi) is 15.7. The molecule has 3 rings (SSSR count). The summed E-state index contributed by atoms with van der Waals surface area (Å²) in [5.74, 6) is -1.84. The normalized spacial score (nSPS) is 15.4. The maximum Gasteiger partial charge on any atom is 0.411 e. The molecule has 0 aromatic heterocycles. The lowest BCUT2D eigenvalue weighted by Gasteiger charge is -2.38. The van der Waals surface area contributed by atoms with Crippen molar-refractivity contribution in [1.29, 1.82) is 0 Å². The van der Waals surface area contributed by atoms with Gasteiger partial charge in [-0.15, -0.1) is 0 Å². The first kappa shape index (κ1) is 44.3. The van der Waals surface area contributed by atoms with Gasteiger partial charge >= 0.3 is 12.2 Å². The molecule has 1 heterocycles. The number of nitrogens with one attached hydrogen (secondary N) is 4. The van der Waals surface area contributed by atoms with Gasteiger partial charge in [-0.3, -0.25) is 19.7 Å². The monoisotopic (exact) mass is 783 g/mol.